The number of carboxylic acids is 1. The highest BCUT2D eigenvalue weighted by atomic mass is 19.1. The summed E-state index contributed by atoms with van der Waals surface area (Å²) in [6.07, 6.45) is 0.855. The third-order valence-electron chi connectivity index (χ3n) is 4.71. The van der Waals surface area contributed by atoms with E-state index in [1.165, 1.54) is 12.1 Å². The van der Waals surface area contributed by atoms with E-state index in [1.54, 1.807) is 17.0 Å². The molecule has 1 aromatic carbocycles. The average Bonchev–Trinajstić information content (AvgIpc) is 3.28. The molecule has 0 bridgehead atoms. The lowest BCUT2D eigenvalue weighted by molar-refractivity contribution is -0.165. The average molecular weight is 307 g/mol. The van der Waals surface area contributed by atoms with Crippen LogP contribution in [0.2, 0.25) is 0 Å². The van der Waals surface area contributed by atoms with Gasteiger partial charge in [0.05, 0.1) is 0 Å². The lowest BCUT2D eigenvalue weighted by atomic mass is 9.91. The van der Waals surface area contributed by atoms with Gasteiger partial charge in [-0.25, -0.2) is 9.18 Å². The smallest absolute Gasteiger partial charge is 0.335 e. The molecule has 2 aliphatic rings. The number of hydrogen-bond acceptors (Lipinski definition) is 3. The first-order valence-corrected chi connectivity index (χ1v) is 7.41. The van der Waals surface area contributed by atoms with E-state index in [0.717, 1.165) is 12.0 Å². The van der Waals surface area contributed by atoms with Crippen molar-refractivity contribution in [2.45, 2.75) is 30.8 Å². The minimum absolute atomic E-state index is 0.00163. The predicted molar refractivity (Wildman–Crippen MR) is 75.6 cm³/mol. The van der Waals surface area contributed by atoms with E-state index < -0.39 is 11.6 Å². The zero-order valence-electron chi connectivity index (χ0n) is 12.0. The maximum absolute atomic E-state index is 12.9. The summed E-state index contributed by atoms with van der Waals surface area (Å²) >= 11 is 0. The molecule has 2 unspecified atom stereocenters. The Morgan fingerprint density at radius 1 is 1.18 bits per heavy atom. The SMILES string of the molecule is O=C(C1CC1c1ccc(F)cc1)N1CCC(O)(C(=O)O)CC1. The number of hydrogen-bond donors (Lipinski definition) is 2. The number of carbonyl (C=O) groups excluding carboxylic acids is 1. The van der Waals surface area contributed by atoms with Crippen molar-refractivity contribution in [1.29, 1.82) is 0 Å². The van der Waals surface area contributed by atoms with Crippen LogP contribution in [0.1, 0.15) is 30.7 Å². The van der Waals surface area contributed by atoms with Crippen LogP contribution in [-0.2, 0) is 9.59 Å². The predicted octanol–water partition coefficient (Wildman–Crippen LogP) is 1.37. The highest BCUT2D eigenvalue weighted by molar-refractivity contribution is 5.84. The van der Waals surface area contributed by atoms with E-state index >= 15 is 0 Å². The fraction of sp³-hybridized carbons (Fsp3) is 0.500. The number of halogens is 1. The van der Waals surface area contributed by atoms with Crippen molar-refractivity contribution in [3.63, 3.8) is 0 Å². The van der Waals surface area contributed by atoms with Gasteiger partial charge in [0.2, 0.25) is 5.91 Å². The number of aliphatic hydroxyl groups is 1. The van der Waals surface area contributed by atoms with Crippen LogP contribution in [0.3, 0.4) is 0 Å². The van der Waals surface area contributed by atoms with Crippen LogP contribution in [0.5, 0.6) is 0 Å². The number of rotatable bonds is 3. The molecule has 1 saturated heterocycles. The summed E-state index contributed by atoms with van der Waals surface area (Å²) < 4.78 is 12.9. The Morgan fingerprint density at radius 2 is 1.77 bits per heavy atom. The highest BCUT2D eigenvalue weighted by Gasteiger charge is 2.48. The third-order valence-corrected chi connectivity index (χ3v) is 4.71. The topological polar surface area (TPSA) is 77.8 Å². The number of aliphatic carboxylic acids is 1. The lowest BCUT2D eigenvalue weighted by Crippen LogP contribution is -2.51. The number of piperidine rings is 1. The molecule has 2 fully saturated rings. The molecule has 0 aromatic heterocycles. The van der Waals surface area contributed by atoms with Gasteiger partial charge in [-0.3, -0.25) is 4.79 Å². The number of benzene rings is 1. The Balaban J connectivity index is 1.58. The lowest BCUT2D eigenvalue weighted by Gasteiger charge is -2.35. The molecule has 0 spiro atoms. The second-order valence-corrected chi connectivity index (χ2v) is 6.16. The normalized spacial score (nSPS) is 26.5. The van der Waals surface area contributed by atoms with Crippen LogP contribution in [0.15, 0.2) is 24.3 Å². The van der Waals surface area contributed by atoms with Crippen molar-refractivity contribution < 1.29 is 24.2 Å². The molecule has 1 heterocycles. The molecule has 5 nitrogen and oxygen atoms in total. The summed E-state index contributed by atoms with van der Waals surface area (Å²) in [5.74, 6) is -1.51. The summed E-state index contributed by atoms with van der Waals surface area (Å²) in [5, 5.41) is 18.9. The number of amides is 1. The molecule has 0 radical (unpaired) electrons. The third kappa shape index (κ3) is 2.70. The van der Waals surface area contributed by atoms with Crippen LogP contribution in [-0.4, -0.2) is 45.7 Å². The molecule has 1 aromatic rings. The van der Waals surface area contributed by atoms with Crippen molar-refractivity contribution in [1.82, 2.24) is 4.90 Å². The Hall–Kier alpha value is -1.95. The number of likely N-dealkylation sites (tertiary alicyclic amines) is 1. The maximum atomic E-state index is 12.9. The van der Waals surface area contributed by atoms with Crippen LogP contribution >= 0.6 is 0 Å². The Labute approximate surface area is 127 Å². The first-order chi connectivity index (χ1) is 10.4. The van der Waals surface area contributed by atoms with Gasteiger partial charge in [0.1, 0.15) is 5.82 Å². The van der Waals surface area contributed by atoms with Crippen LogP contribution < -0.4 is 0 Å². The molecule has 22 heavy (non-hydrogen) atoms. The van der Waals surface area contributed by atoms with Gasteiger partial charge < -0.3 is 15.1 Å². The Morgan fingerprint density at radius 3 is 2.32 bits per heavy atom. The molecular weight excluding hydrogens is 289 g/mol. The van der Waals surface area contributed by atoms with Crippen molar-refractivity contribution in [2.75, 3.05) is 13.1 Å². The van der Waals surface area contributed by atoms with Crippen LogP contribution in [0.25, 0.3) is 0 Å². The van der Waals surface area contributed by atoms with Gasteiger partial charge >= 0.3 is 5.97 Å². The zero-order chi connectivity index (χ0) is 15.9. The van der Waals surface area contributed by atoms with E-state index in [2.05, 4.69) is 0 Å². The summed E-state index contributed by atoms with van der Waals surface area (Å²) in [4.78, 5) is 25.0. The van der Waals surface area contributed by atoms with E-state index in [-0.39, 0.29) is 49.5 Å². The highest BCUT2D eigenvalue weighted by Crippen LogP contribution is 2.48. The number of carbonyl (C=O) groups is 2. The van der Waals surface area contributed by atoms with Gasteiger partial charge in [0.15, 0.2) is 5.60 Å². The zero-order valence-corrected chi connectivity index (χ0v) is 12.0. The summed E-state index contributed by atoms with van der Waals surface area (Å²) in [7, 11) is 0. The minimum Gasteiger partial charge on any atom is -0.479 e. The number of nitrogens with zero attached hydrogens (tertiary/aromatic N) is 1. The van der Waals surface area contributed by atoms with Gasteiger partial charge in [-0.1, -0.05) is 12.1 Å². The van der Waals surface area contributed by atoms with E-state index in [9.17, 15) is 19.1 Å². The first-order valence-electron chi connectivity index (χ1n) is 7.41. The molecule has 1 aliphatic carbocycles. The fourth-order valence-corrected chi connectivity index (χ4v) is 3.09. The first kappa shape index (κ1) is 15.0. The van der Waals surface area contributed by atoms with Crippen LogP contribution in [0.4, 0.5) is 4.39 Å². The molecule has 3 rings (SSSR count). The summed E-state index contributed by atoms with van der Waals surface area (Å²) in [6, 6.07) is 6.19. The standard InChI is InChI=1S/C16H18FNO4/c17-11-3-1-10(2-4-11)12-9-13(12)14(19)18-7-5-16(22,6-8-18)15(20)21/h1-4,12-13,22H,5-9H2,(H,20,21). The fourth-order valence-electron chi connectivity index (χ4n) is 3.09. The van der Waals surface area contributed by atoms with E-state index in [4.69, 9.17) is 5.11 Å². The molecule has 1 saturated carbocycles. The molecule has 6 heteroatoms. The Bertz CT molecular complexity index is 593. The van der Waals surface area contributed by atoms with Crippen molar-refractivity contribution >= 4 is 11.9 Å². The molecule has 118 valence electrons. The van der Waals surface area contributed by atoms with Crippen molar-refractivity contribution in [3.05, 3.63) is 35.6 Å². The summed E-state index contributed by atoms with van der Waals surface area (Å²) in [6.45, 7) is 0.516. The molecule has 2 atom stereocenters. The van der Waals surface area contributed by atoms with E-state index in [0.29, 0.717) is 0 Å². The van der Waals surface area contributed by atoms with Crippen molar-refractivity contribution in [3.8, 4) is 0 Å². The monoisotopic (exact) mass is 307 g/mol. The molecule has 2 N–H and O–H groups in total. The second-order valence-electron chi connectivity index (χ2n) is 6.16. The molecule has 1 aliphatic heterocycles. The molecule has 1 amide bonds. The maximum Gasteiger partial charge on any atom is 0.335 e. The molecular formula is C16H18FNO4. The largest absolute Gasteiger partial charge is 0.479 e. The summed E-state index contributed by atoms with van der Waals surface area (Å²) in [5.41, 5.74) is -0.754. The quantitative estimate of drug-likeness (QED) is 0.884. The second kappa shape index (κ2) is 5.35. The van der Waals surface area contributed by atoms with Gasteiger partial charge in [-0.05, 0) is 30.0 Å². The van der Waals surface area contributed by atoms with Gasteiger partial charge in [-0.2, -0.15) is 0 Å². The van der Waals surface area contributed by atoms with E-state index in [1.807, 2.05) is 0 Å². The van der Waals surface area contributed by atoms with Gasteiger partial charge in [-0.15, -0.1) is 0 Å². The van der Waals surface area contributed by atoms with Crippen LogP contribution in [0, 0.1) is 11.7 Å². The van der Waals surface area contributed by atoms with Crippen molar-refractivity contribution in [2.24, 2.45) is 5.92 Å². The van der Waals surface area contributed by atoms with Gasteiger partial charge in [0.25, 0.3) is 0 Å². The Kier molecular flexibility index (Phi) is 3.64. The minimum atomic E-state index is -1.71. The number of carboxylic acid groups (broad SMARTS) is 1. The van der Waals surface area contributed by atoms with Gasteiger partial charge in [0, 0.05) is 31.8 Å².